The summed E-state index contributed by atoms with van der Waals surface area (Å²) in [4.78, 5) is 10.6. The van der Waals surface area contributed by atoms with Crippen molar-refractivity contribution in [1.82, 2.24) is 5.32 Å². The monoisotopic (exact) mass is 111 g/mol. The fourth-order valence-electron chi connectivity index (χ4n) is 1.16. The van der Waals surface area contributed by atoms with Crippen molar-refractivity contribution in [3.63, 3.8) is 0 Å². The lowest BCUT2D eigenvalue weighted by atomic mass is 10.0. The van der Waals surface area contributed by atoms with Gasteiger partial charge in [0, 0.05) is 0 Å². The van der Waals surface area contributed by atoms with E-state index in [9.17, 15) is 4.79 Å². The Labute approximate surface area is 48.3 Å². The van der Waals surface area contributed by atoms with Gasteiger partial charge in [0.05, 0.1) is 12.6 Å². The Hall–Kier alpha value is -0.370. The first-order valence-corrected chi connectivity index (χ1v) is 3.14. The van der Waals surface area contributed by atoms with Gasteiger partial charge in [-0.25, -0.2) is 0 Å². The third kappa shape index (κ3) is 0.494. The Balaban J connectivity index is 1.96. The van der Waals surface area contributed by atoms with Gasteiger partial charge in [-0.05, 0) is 18.8 Å². The molecule has 2 heteroatoms. The van der Waals surface area contributed by atoms with Gasteiger partial charge in [0.2, 0.25) is 0 Å². The highest BCUT2D eigenvalue weighted by atomic mass is 16.1. The standard InChI is InChI=1S/C6H9NO/c8-5-3-7-6(5)4-1-2-4/h4,6-7H,1-3H2. The normalized spacial score (nSPS) is 37.0. The summed E-state index contributed by atoms with van der Waals surface area (Å²) in [7, 11) is 0. The van der Waals surface area contributed by atoms with E-state index in [-0.39, 0.29) is 6.04 Å². The molecule has 1 unspecified atom stereocenters. The van der Waals surface area contributed by atoms with Crippen molar-refractivity contribution < 1.29 is 4.79 Å². The second-order valence-electron chi connectivity index (χ2n) is 2.66. The summed E-state index contributed by atoms with van der Waals surface area (Å²) in [5.74, 6) is 1.14. The van der Waals surface area contributed by atoms with E-state index in [0.717, 1.165) is 5.92 Å². The van der Waals surface area contributed by atoms with Crippen LogP contribution in [0.15, 0.2) is 0 Å². The molecule has 2 rings (SSSR count). The van der Waals surface area contributed by atoms with Crippen LogP contribution < -0.4 is 5.32 Å². The lowest BCUT2D eigenvalue weighted by Crippen LogP contribution is -2.54. The molecule has 0 aromatic heterocycles. The van der Waals surface area contributed by atoms with Gasteiger partial charge in [-0.3, -0.25) is 4.79 Å². The summed E-state index contributed by atoms with van der Waals surface area (Å²) < 4.78 is 0. The number of rotatable bonds is 1. The van der Waals surface area contributed by atoms with Crippen molar-refractivity contribution in [3.05, 3.63) is 0 Å². The van der Waals surface area contributed by atoms with Crippen LogP contribution in [0.1, 0.15) is 12.8 Å². The van der Waals surface area contributed by atoms with Gasteiger partial charge >= 0.3 is 0 Å². The van der Waals surface area contributed by atoms with Gasteiger partial charge in [-0.15, -0.1) is 0 Å². The molecule has 1 aliphatic heterocycles. The molecule has 2 fully saturated rings. The molecule has 1 atom stereocenters. The molecule has 1 aliphatic carbocycles. The average Bonchev–Trinajstić information content (AvgIpc) is 2.46. The van der Waals surface area contributed by atoms with E-state index in [1.54, 1.807) is 0 Å². The molecule has 2 nitrogen and oxygen atoms in total. The highest BCUT2D eigenvalue weighted by Crippen LogP contribution is 2.34. The molecule has 0 amide bonds. The Morgan fingerprint density at radius 1 is 1.50 bits per heavy atom. The average molecular weight is 111 g/mol. The molecule has 0 aromatic carbocycles. The highest BCUT2D eigenvalue weighted by molar-refractivity contribution is 5.91. The maximum Gasteiger partial charge on any atom is 0.163 e. The van der Waals surface area contributed by atoms with Crippen molar-refractivity contribution in [3.8, 4) is 0 Å². The van der Waals surface area contributed by atoms with Gasteiger partial charge in [-0.2, -0.15) is 0 Å². The molecule has 0 radical (unpaired) electrons. The predicted octanol–water partition coefficient (Wildman–Crippen LogP) is -0.0627. The highest BCUT2D eigenvalue weighted by Gasteiger charge is 2.40. The molecule has 1 heterocycles. The Morgan fingerprint density at radius 3 is 2.38 bits per heavy atom. The molecular weight excluding hydrogens is 102 g/mol. The third-order valence-corrected chi connectivity index (χ3v) is 1.94. The van der Waals surface area contributed by atoms with E-state index in [1.165, 1.54) is 12.8 Å². The Morgan fingerprint density at radius 2 is 2.25 bits per heavy atom. The smallest absolute Gasteiger partial charge is 0.163 e. The van der Waals surface area contributed by atoms with E-state index < -0.39 is 0 Å². The number of carbonyl (C=O) groups excluding carboxylic acids is 1. The fourth-order valence-corrected chi connectivity index (χ4v) is 1.16. The van der Waals surface area contributed by atoms with Crippen LogP contribution in [0.5, 0.6) is 0 Å². The lowest BCUT2D eigenvalue weighted by molar-refractivity contribution is -0.126. The van der Waals surface area contributed by atoms with Gasteiger partial charge in [0.1, 0.15) is 0 Å². The molecular formula is C6H9NO. The zero-order chi connectivity index (χ0) is 5.56. The van der Waals surface area contributed by atoms with Crippen molar-refractivity contribution >= 4 is 5.78 Å². The topological polar surface area (TPSA) is 29.1 Å². The van der Waals surface area contributed by atoms with E-state index in [1.807, 2.05) is 0 Å². The van der Waals surface area contributed by atoms with Crippen molar-refractivity contribution in [2.24, 2.45) is 5.92 Å². The molecule has 0 aromatic rings. The number of carbonyl (C=O) groups is 1. The van der Waals surface area contributed by atoms with Gasteiger partial charge in [0.25, 0.3) is 0 Å². The first-order chi connectivity index (χ1) is 3.88. The van der Waals surface area contributed by atoms with Gasteiger partial charge in [0.15, 0.2) is 5.78 Å². The largest absolute Gasteiger partial charge is 0.300 e. The number of hydrogen-bond donors (Lipinski definition) is 1. The minimum atomic E-state index is 0.273. The Kier molecular flexibility index (Phi) is 0.742. The van der Waals surface area contributed by atoms with Crippen LogP contribution >= 0.6 is 0 Å². The molecule has 0 bridgehead atoms. The number of nitrogens with one attached hydrogen (secondary N) is 1. The molecule has 1 saturated heterocycles. The van der Waals surface area contributed by atoms with Gasteiger partial charge in [-0.1, -0.05) is 0 Å². The van der Waals surface area contributed by atoms with Crippen LogP contribution in [0.2, 0.25) is 0 Å². The second-order valence-corrected chi connectivity index (χ2v) is 2.66. The van der Waals surface area contributed by atoms with E-state index in [2.05, 4.69) is 5.32 Å². The molecule has 1 saturated carbocycles. The number of ketones is 1. The fraction of sp³-hybridized carbons (Fsp3) is 0.833. The van der Waals surface area contributed by atoms with Crippen molar-refractivity contribution in [1.29, 1.82) is 0 Å². The number of Topliss-reactive ketones (excluding diaryl/α,β-unsaturated/α-hetero) is 1. The summed E-state index contributed by atoms with van der Waals surface area (Å²) >= 11 is 0. The van der Waals surface area contributed by atoms with Gasteiger partial charge < -0.3 is 5.32 Å². The van der Waals surface area contributed by atoms with Crippen LogP contribution in [0.3, 0.4) is 0 Å². The van der Waals surface area contributed by atoms with E-state index in [4.69, 9.17) is 0 Å². The summed E-state index contributed by atoms with van der Waals surface area (Å²) in [6, 6.07) is 0.273. The van der Waals surface area contributed by atoms with E-state index >= 15 is 0 Å². The predicted molar refractivity (Wildman–Crippen MR) is 29.5 cm³/mol. The van der Waals surface area contributed by atoms with Crippen LogP contribution in [-0.4, -0.2) is 18.4 Å². The summed E-state index contributed by atoms with van der Waals surface area (Å²) in [6.45, 7) is 0.626. The van der Waals surface area contributed by atoms with Crippen LogP contribution in [0.4, 0.5) is 0 Å². The minimum absolute atomic E-state index is 0.273. The SMILES string of the molecule is O=C1CNC1C1CC1. The maximum atomic E-state index is 10.6. The Bertz CT molecular complexity index is 128. The summed E-state index contributed by atoms with van der Waals surface area (Å²) in [5, 5.41) is 3.11. The maximum absolute atomic E-state index is 10.6. The zero-order valence-electron chi connectivity index (χ0n) is 4.68. The third-order valence-electron chi connectivity index (χ3n) is 1.94. The number of hydrogen-bond acceptors (Lipinski definition) is 2. The zero-order valence-corrected chi connectivity index (χ0v) is 4.68. The molecule has 44 valence electrons. The van der Waals surface area contributed by atoms with E-state index in [0.29, 0.717) is 12.3 Å². The van der Waals surface area contributed by atoms with Crippen LogP contribution in [-0.2, 0) is 4.79 Å². The van der Waals surface area contributed by atoms with Crippen LogP contribution in [0.25, 0.3) is 0 Å². The summed E-state index contributed by atoms with van der Waals surface area (Å²) in [6.07, 6.45) is 2.53. The second kappa shape index (κ2) is 1.32. The lowest BCUT2D eigenvalue weighted by Gasteiger charge is -2.25. The molecule has 0 spiro atoms. The first kappa shape index (κ1) is 4.50. The minimum Gasteiger partial charge on any atom is -0.300 e. The summed E-state index contributed by atoms with van der Waals surface area (Å²) in [5.41, 5.74) is 0. The van der Waals surface area contributed by atoms with Crippen molar-refractivity contribution in [2.75, 3.05) is 6.54 Å². The quantitative estimate of drug-likeness (QED) is 0.513. The first-order valence-electron chi connectivity index (χ1n) is 3.14. The molecule has 8 heavy (non-hydrogen) atoms. The van der Waals surface area contributed by atoms with Crippen molar-refractivity contribution in [2.45, 2.75) is 18.9 Å². The molecule has 1 N–H and O–H groups in total. The van der Waals surface area contributed by atoms with Crippen LogP contribution in [0, 0.1) is 5.92 Å². The molecule has 2 aliphatic rings.